The van der Waals surface area contributed by atoms with Crippen LogP contribution in [0, 0.1) is 0 Å². The molecule has 0 N–H and O–H groups in total. The summed E-state index contributed by atoms with van der Waals surface area (Å²) in [5.74, 6) is 2.08. The van der Waals surface area contributed by atoms with E-state index >= 15 is 0 Å². The van der Waals surface area contributed by atoms with Gasteiger partial charge >= 0.3 is 0 Å². The van der Waals surface area contributed by atoms with Crippen LogP contribution in [0.1, 0.15) is 50.9 Å². The van der Waals surface area contributed by atoms with Gasteiger partial charge in [-0.1, -0.05) is 19.0 Å². The molecule has 8 nitrogen and oxygen atoms in total. The van der Waals surface area contributed by atoms with Gasteiger partial charge in [0, 0.05) is 35.5 Å². The normalized spacial score (nSPS) is 11.1. The number of nitrogens with zero attached hydrogens (tertiary/aromatic N) is 4. The van der Waals surface area contributed by atoms with Gasteiger partial charge in [0.2, 0.25) is 5.82 Å². The largest absolute Gasteiger partial charge is 0.490 e. The molecule has 0 aliphatic heterocycles. The van der Waals surface area contributed by atoms with Gasteiger partial charge in [-0.3, -0.25) is 9.78 Å². The number of carbonyl (C=O) groups is 1. The average Bonchev–Trinajstić information content (AvgIpc) is 3.34. The molecule has 176 valence electrons. The summed E-state index contributed by atoms with van der Waals surface area (Å²) in [7, 11) is 0. The molecule has 2 aromatic heterocycles. The Morgan fingerprint density at radius 3 is 2.45 bits per heavy atom. The van der Waals surface area contributed by atoms with Crippen molar-refractivity contribution >= 4 is 5.78 Å². The summed E-state index contributed by atoms with van der Waals surface area (Å²) in [6.07, 6.45) is 4.51. The summed E-state index contributed by atoms with van der Waals surface area (Å²) < 4.78 is 16.8. The Morgan fingerprint density at radius 1 is 0.970 bits per heavy atom. The van der Waals surface area contributed by atoms with Crippen molar-refractivity contribution in [1.29, 1.82) is 0 Å². The van der Waals surface area contributed by atoms with Gasteiger partial charge in [-0.2, -0.15) is 4.98 Å². The second-order valence-electron chi connectivity index (χ2n) is 7.47. The minimum atomic E-state index is 0.0630. The number of pyridine rings is 1. The SMILES string of the molecule is CCOc1ccc(-c2nc(-c3cncc(C(=O)CCCN(CC)CC)c3)no2)cc1OCC. The first-order valence-corrected chi connectivity index (χ1v) is 11.5. The van der Waals surface area contributed by atoms with Gasteiger partial charge in [0.1, 0.15) is 0 Å². The Morgan fingerprint density at radius 2 is 1.73 bits per heavy atom. The number of aromatic nitrogens is 3. The fourth-order valence-corrected chi connectivity index (χ4v) is 3.50. The summed E-state index contributed by atoms with van der Waals surface area (Å²) in [5.41, 5.74) is 1.91. The van der Waals surface area contributed by atoms with Gasteiger partial charge in [0.05, 0.1) is 13.2 Å². The third-order valence-electron chi connectivity index (χ3n) is 5.31. The van der Waals surface area contributed by atoms with Crippen LogP contribution in [-0.2, 0) is 0 Å². The van der Waals surface area contributed by atoms with Crippen molar-refractivity contribution in [2.45, 2.75) is 40.5 Å². The summed E-state index contributed by atoms with van der Waals surface area (Å²) in [4.78, 5) is 23.7. The van der Waals surface area contributed by atoms with Crippen molar-refractivity contribution in [2.24, 2.45) is 0 Å². The highest BCUT2D eigenvalue weighted by atomic mass is 16.5. The van der Waals surface area contributed by atoms with Crippen LogP contribution in [0.25, 0.3) is 22.8 Å². The van der Waals surface area contributed by atoms with Gasteiger partial charge in [-0.25, -0.2) is 0 Å². The van der Waals surface area contributed by atoms with Crippen LogP contribution in [-0.4, -0.2) is 58.7 Å². The maximum atomic E-state index is 12.6. The second-order valence-corrected chi connectivity index (χ2v) is 7.47. The zero-order valence-corrected chi connectivity index (χ0v) is 19.8. The smallest absolute Gasteiger partial charge is 0.258 e. The minimum Gasteiger partial charge on any atom is -0.490 e. The highest BCUT2D eigenvalue weighted by molar-refractivity contribution is 5.96. The number of benzene rings is 1. The van der Waals surface area contributed by atoms with E-state index in [1.54, 1.807) is 18.5 Å². The van der Waals surface area contributed by atoms with E-state index in [9.17, 15) is 4.79 Å². The fraction of sp³-hybridized carbons (Fsp3) is 0.440. The number of hydrogen-bond acceptors (Lipinski definition) is 8. The Kier molecular flexibility index (Phi) is 8.95. The van der Waals surface area contributed by atoms with Crippen molar-refractivity contribution in [3.05, 3.63) is 42.2 Å². The lowest BCUT2D eigenvalue weighted by Crippen LogP contribution is -2.24. The molecule has 2 heterocycles. The first kappa shape index (κ1) is 24.4. The van der Waals surface area contributed by atoms with E-state index in [1.165, 1.54) is 0 Å². The second kappa shape index (κ2) is 12.1. The molecule has 33 heavy (non-hydrogen) atoms. The van der Waals surface area contributed by atoms with Crippen molar-refractivity contribution in [1.82, 2.24) is 20.0 Å². The van der Waals surface area contributed by atoms with Crippen molar-refractivity contribution in [2.75, 3.05) is 32.8 Å². The molecule has 0 atom stereocenters. The molecule has 0 fully saturated rings. The predicted octanol–water partition coefficient (Wildman–Crippen LogP) is 4.90. The van der Waals surface area contributed by atoms with Gasteiger partial charge in [-0.05, 0) is 64.2 Å². The van der Waals surface area contributed by atoms with E-state index in [0.717, 1.165) is 31.6 Å². The molecular weight excluding hydrogens is 420 g/mol. The fourth-order valence-electron chi connectivity index (χ4n) is 3.50. The molecule has 0 spiro atoms. The molecule has 0 bridgehead atoms. The van der Waals surface area contributed by atoms with Gasteiger partial charge in [0.15, 0.2) is 17.3 Å². The van der Waals surface area contributed by atoms with Gasteiger partial charge in [-0.15, -0.1) is 0 Å². The van der Waals surface area contributed by atoms with E-state index in [-0.39, 0.29) is 5.78 Å². The third-order valence-corrected chi connectivity index (χ3v) is 5.31. The molecule has 0 saturated heterocycles. The summed E-state index contributed by atoms with van der Waals surface area (Å²) in [5, 5.41) is 4.09. The van der Waals surface area contributed by atoms with Crippen molar-refractivity contribution in [3.63, 3.8) is 0 Å². The van der Waals surface area contributed by atoms with Crippen LogP contribution in [0.4, 0.5) is 0 Å². The Hall–Kier alpha value is -3.26. The maximum Gasteiger partial charge on any atom is 0.258 e. The first-order chi connectivity index (χ1) is 16.1. The minimum absolute atomic E-state index is 0.0630. The zero-order valence-electron chi connectivity index (χ0n) is 19.8. The third kappa shape index (κ3) is 6.38. The van der Waals surface area contributed by atoms with Crippen LogP contribution < -0.4 is 9.47 Å². The molecule has 8 heteroatoms. The molecule has 3 aromatic rings. The molecule has 0 radical (unpaired) electrons. The molecule has 0 aliphatic carbocycles. The number of ether oxygens (including phenoxy) is 2. The lowest BCUT2D eigenvalue weighted by Gasteiger charge is -2.17. The zero-order chi connectivity index (χ0) is 23.6. The Balaban J connectivity index is 1.74. The highest BCUT2D eigenvalue weighted by Crippen LogP contribution is 2.33. The van der Waals surface area contributed by atoms with E-state index in [0.29, 0.717) is 54.0 Å². The topological polar surface area (TPSA) is 90.6 Å². The lowest BCUT2D eigenvalue weighted by molar-refractivity contribution is 0.0975. The van der Waals surface area contributed by atoms with E-state index < -0.39 is 0 Å². The van der Waals surface area contributed by atoms with E-state index in [2.05, 4.69) is 33.9 Å². The monoisotopic (exact) mass is 452 g/mol. The molecule has 0 unspecified atom stereocenters. The average molecular weight is 453 g/mol. The first-order valence-electron chi connectivity index (χ1n) is 11.5. The number of carbonyl (C=O) groups excluding carboxylic acids is 1. The number of hydrogen-bond donors (Lipinski definition) is 0. The molecule has 0 saturated carbocycles. The summed E-state index contributed by atoms with van der Waals surface area (Å²) in [6, 6.07) is 7.26. The standard InChI is InChI=1S/C25H32N4O4/c1-5-29(6-2)13-9-10-21(30)19-14-20(17-26-16-19)24-27-25(33-28-24)18-11-12-22(31-7-3)23(15-18)32-8-4/h11-12,14-17H,5-10,13H2,1-4H3. The predicted molar refractivity (Wildman–Crippen MR) is 127 cm³/mol. The summed E-state index contributed by atoms with van der Waals surface area (Å²) in [6.45, 7) is 12.0. The van der Waals surface area contributed by atoms with Crippen LogP contribution in [0.5, 0.6) is 11.5 Å². The van der Waals surface area contributed by atoms with Crippen LogP contribution in [0.15, 0.2) is 41.2 Å². The molecule has 3 rings (SSSR count). The van der Waals surface area contributed by atoms with Crippen LogP contribution in [0.3, 0.4) is 0 Å². The Labute approximate surface area is 194 Å². The van der Waals surface area contributed by atoms with Gasteiger partial charge < -0.3 is 18.9 Å². The highest BCUT2D eigenvalue weighted by Gasteiger charge is 2.16. The summed E-state index contributed by atoms with van der Waals surface area (Å²) >= 11 is 0. The lowest BCUT2D eigenvalue weighted by atomic mass is 10.1. The quantitative estimate of drug-likeness (QED) is 0.338. The van der Waals surface area contributed by atoms with E-state index in [4.69, 9.17) is 14.0 Å². The Bertz CT molecular complexity index is 1050. The maximum absolute atomic E-state index is 12.6. The van der Waals surface area contributed by atoms with Crippen LogP contribution >= 0.6 is 0 Å². The van der Waals surface area contributed by atoms with Gasteiger partial charge in [0.25, 0.3) is 5.89 Å². The van der Waals surface area contributed by atoms with Crippen molar-refractivity contribution in [3.8, 4) is 34.3 Å². The number of rotatable bonds is 13. The molecular formula is C25H32N4O4. The molecule has 1 aromatic carbocycles. The van der Waals surface area contributed by atoms with Crippen molar-refractivity contribution < 1.29 is 18.8 Å². The number of Topliss-reactive ketones (excluding diaryl/α,β-unsaturated/α-hetero) is 1. The van der Waals surface area contributed by atoms with Crippen LogP contribution in [0.2, 0.25) is 0 Å². The number of ketones is 1. The van der Waals surface area contributed by atoms with E-state index in [1.807, 2.05) is 32.0 Å². The molecule has 0 aliphatic rings. The molecule has 0 amide bonds.